The number of rotatable bonds is 3. The number of nitrogens with zero attached hydrogens (tertiary/aromatic N) is 3. The molecule has 1 amide bonds. The largest absolute Gasteiger partial charge is 0.414 e. The summed E-state index contributed by atoms with van der Waals surface area (Å²) in [6, 6.07) is 0.142. The van der Waals surface area contributed by atoms with Crippen LogP contribution < -0.4 is 4.90 Å². The molecule has 3 rings (SSSR count). The SMILES string of the molecule is CC(C)(C)[Si](C)(C)O[C@@H]1CCC[C@@H](N2C(=O)Cc3cnc(Cl)nc32)C1. The van der Waals surface area contributed by atoms with Crippen LogP contribution in [0.15, 0.2) is 6.20 Å². The third-order valence-electron chi connectivity index (χ3n) is 5.88. The summed E-state index contributed by atoms with van der Waals surface area (Å²) in [5, 5.41) is 0.389. The Labute approximate surface area is 156 Å². The first-order valence-electron chi connectivity index (χ1n) is 9.10. The van der Waals surface area contributed by atoms with Crippen molar-refractivity contribution in [3.05, 3.63) is 17.0 Å². The summed E-state index contributed by atoms with van der Waals surface area (Å²) in [5.74, 6) is 0.799. The Hall–Kier alpha value is -0.983. The maximum absolute atomic E-state index is 12.6. The molecule has 1 aliphatic carbocycles. The maximum atomic E-state index is 12.6. The number of fused-ring (bicyclic) bond motifs is 1. The minimum Gasteiger partial charge on any atom is -0.414 e. The molecule has 5 nitrogen and oxygen atoms in total. The fourth-order valence-electron chi connectivity index (χ4n) is 3.51. The number of hydrogen-bond donors (Lipinski definition) is 0. The summed E-state index contributed by atoms with van der Waals surface area (Å²) in [7, 11) is -1.81. The van der Waals surface area contributed by atoms with Crippen molar-refractivity contribution in [1.29, 1.82) is 0 Å². The van der Waals surface area contributed by atoms with Crippen LogP contribution in [0.5, 0.6) is 0 Å². The van der Waals surface area contributed by atoms with E-state index in [-0.39, 0.29) is 28.4 Å². The Morgan fingerprint density at radius 1 is 1.32 bits per heavy atom. The second-order valence-electron chi connectivity index (χ2n) is 8.75. The van der Waals surface area contributed by atoms with Gasteiger partial charge in [-0.15, -0.1) is 0 Å². The molecule has 1 saturated carbocycles. The van der Waals surface area contributed by atoms with Crippen LogP contribution >= 0.6 is 11.6 Å². The smallest absolute Gasteiger partial charge is 0.233 e. The van der Waals surface area contributed by atoms with E-state index in [0.717, 1.165) is 31.2 Å². The molecule has 1 aliphatic heterocycles. The number of carbonyl (C=O) groups is 1. The van der Waals surface area contributed by atoms with Gasteiger partial charge in [0.05, 0.1) is 6.42 Å². The molecular formula is C18H28ClN3O2Si. The van der Waals surface area contributed by atoms with Crippen LogP contribution in [0.4, 0.5) is 5.82 Å². The summed E-state index contributed by atoms with van der Waals surface area (Å²) in [6.07, 6.45) is 6.27. The predicted octanol–water partition coefficient (Wildman–Crippen LogP) is 4.35. The highest BCUT2D eigenvalue weighted by Crippen LogP contribution is 2.40. The summed E-state index contributed by atoms with van der Waals surface area (Å²) in [6.45, 7) is 11.4. The molecule has 2 atom stereocenters. The number of anilines is 1. The molecule has 1 fully saturated rings. The molecule has 0 radical (unpaired) electrons. The number of aromatic nitrogens is 2. The lowest BCUT2D eigenvalue weighted by Crippen LogP contribution is -2.48. The molecule has 0 N–H and O–H groups in total. The van der Waals surface area contributed by atoms with Crippen molar-refractivity contribution in [2.45, 2.75) is 83.2 Å². The molecule has 2 aliphatic rings. The summed E-state index contributed by atoms with van der Waals surface area (Å²) in [4.78, 5) is 22.8. The highest BCUT2D eigenvalue weighted by atomic mass is 35.5. The molecule has 138 valence electrons. The van der Waals surface area contributed by atoms with Crippen LogP contribution in [-0.4, -0.2) is 36.3 Å². The topological polar surface area (TPSA) is 55.3 Å². The summed E-state index contributed by atoms with van der Waals surface area (Å²) < 4.78 is 6.62. The molecular weight excluding hydrogens is 354 g/mol. The molecule has 25 heavy (non-hydrogen) atoms. The zero-order valence-corrected chi connectivity index (χ0v) is 17.6. The van der Waals surface area contributed by atoms with E-state index in [0.29, 0.717) is 12.2 Å². The van der Waals surface area contributed by atoms with E-state index in [2.05, 4.69) is 43.8 Å². The minimum absolute atomic E-state index is 0.101. The van der Waals surface area contributed by atoms with Gasteiger partial charge < -0.3 is 4.43 Å². The van der Waals surface area contributed by atoms with E-state index in [1.54, 1.807) is 6.20 Å². The Kier molecular flexibility index (Phi) is 4.99. The van der Waals surface area contributed by atoms with Gasteiger partial charge in [-0.3, -0.25) is 9.69 Å². The van der Waals surface area contributed by atoms with E-state index < -0.39 is 8.32 Å². The zero-order valence-electron chi connectivity index (χ0n) is 15.8. The van der Waals surface area contributed by atoms with Crippen molar-refractivity contribution >= 4 is 31.6 Å². The Morgan fingerprint density at radius 2 is 2.04 bits per heavy atom. The van der Waals surface area contributed by atoms with E-state index in [4.69, 9.17) is 16.0 Å². The van der Waals surface area contributed by atoms with E-state index >= 15 is 0 Å². The highest BCUT2D eigenvalue weighted by Gasteiger charge is 2.42. The van der Waals surface area contributed by atoms with Crippen LogP contribution in [0, 0.1) is 0 Å². The van der Waals surface area contributed by atoms with E-state index in [9.17, 15) is 4.79 Å². The van der Waals surface area contributed by atoms with Gasteiger partial charge in [-0.1, -0.05) is 20.8 Å². The molecule has 0 aromatic carbocycles. The van der Waals surface area contributed by atoms with Crippen molar-refractivity contribution in [2.75, 3.05) is 4.90 Å². The molecule has 1 aromatic heterocycles. The number of carbonyl (C=O) groups excluding carboxylic acids is 1. The summed E-state index contributed by atoms with van der Waals surface area (Å²) in [5.41, 5.74) is 0.877. The fourth-order valence-corrected chi connectivity index (χ4v) is 5.04. The average molecular weight is 382 g/mol. The van der Waals surface area contributed by atoms with Crippen LogP contribution in [0.2, 0.25) is 23.4 Å². The first-order valence-corrected chi connectivity index (χ1v) is 12.4. The lowest BCUT2D eigenvalue weighted by molar-refractivity contribution is -0.118. The van der Waals surface area contributed by atoms with Gasteiger partial charge in [-0.05, 0) is 55.4 Å². The van der Waals surface area contributed by atoms with Gasteiger partial charge in [0.15, 0.2) is 8.32 Å². The normalized spacial score (nSPS) is 24.6. The lowest BCUT2D eigenvalue weighted by Gasteiger charge is -2.42. The van der Waals surface area contributed by atoms with Crippen LogP contribution in [0.1, 0.15) is 52.0 Å². The van der Waals surface area contributed by atoms with Gasteiger partial charge in [0.25, 0.3) is 0 Å². The minimum atomic E-state index is -1.81. The van der Waals surface area contributed by atoms with Gasteiger partial charge in [0.1, 0.15) is 5.82 Å². The van der Waals surface area contributed by atoms with Crippen molar-refractivity contribution in [2.24, 2.45) is 0 Å². The third-order valence-corrected chi connectivity index (χ3v) is 10.6. The van der Waals surface area contributed by atoms with E-state index in [1.807, 2.05) is 4.90 Å². The first kappa shape index (κ1) is 18.8. The van der Waals surface area contributed by atoms with Crippen molar-refractivity contribution in [3.63, 3.8) is 0 Å². The highest BCUT2D eigenvalue weighted by molar-refractivity contribution is 6.74. The van der Waals surface area contributed by atoms with E-state index in [1.165, 1.54) is 0 Å². The maximum Gasteiger partial charge on any atom is 0.233 e. The standard InChI is InChI=1S/C18H28ClN3O2Si/c1-18(2,3)25(4,5)24-14-8-6-7-13(10-14)22-15(23)9-12-11-20-17(19)21-16(12)22/h11,13-14H,6-10H2,1-5H3/t13-,14-/m1/s1. The van der Waals surface area contributed by atoms with Crippen molar-refractivity contribution in [1.82, 2.24) is 9.97 Å². The van der Waals surface area contributed by atoms with Crippen LogP contribution in [0.3, 0.4) is 0 Å². The predicted molar refractivity (Wildman–Crippen MR) is 103 cm³/mol. The Morgan fingerprint density at radius 3 is 2.72 bits per heavy atom. The summed E-state index contributed by atoms with van der Waals surface area (Å²) >= 11 is 5.96. The first-order chi connectivity index (χ1) is 11.6. The van der Waals surface area contributed by atoms with Crippen molar-refractivity contribution < 1.29 is 9.22 Å². The van der Waals surface area contributed by atoms with Crippen LogP contribution in [0.25, 0.3) is 0 Å². The van der Waals surface area contributed by atoms with Gasteiger partial charge in [0, 0.05) is 23.9 Å². The second kappa shape index (κ2) is 6.63. The molecule has 2 heterocycles. The van der Waals surface area contributed by atoms with Gasteiger partial charge in [-0.25, -0.2) is 4.98 Å². The monoisotopic (exact) mass is 381 g/mol. The molecule has 1 aromatic rings. The molecule has 0 saturated heterocycles. The molecule has 0 unspecified atom stereocenters. The fraction of sp³-hybridized carbons (Fsp3) is 0.722. The number of hydrogen-bond acceptors (Lipinski definition) is 4. The molecule has 0 bridgehead atoms. The Bertz CT molecular complexity index is 675. The average Bonchev–Trinajstić information content (AvgIpc) is 2.81. The van der Waals surface area contributed by atoms with Gasteiger partial charge in [-0.2, -0.15) is 4.98 Å². The number of amides is 1. The molecule has 7 heteroatoms. The zero-order chi connectivity index (χ0) is 18.4. The second-order valence-corrected chi connectivity index (χ2v) is 13.8. The lowest BCUT2D eigenvalue weighted by atomic mass is 9.92. The third kappa shape index (κ3) is 3.76. The van der Waals surface area contributed by atoms with Gasteiger partial charge >= 0.3 is 0 Å². The Balaban J connectivity index is 1.77. The number of halogens is 1. The van der Waals surface area contributed by atoms with Gasteiger partial charge in [0.2, 0.25) is 11.2 Å². The van der Waals surface area contributed by atoms with Crippen molar-refractivity contribution in [3.8, 4) is 0 Å². The molecule has 0 spiro atoms. The quantitative estimate of drug-likeness (QED) is 0.576. The van der Waals surface area contributed by atoms with Crippen LogP contribution in [-0.2, 0) is 15.6 Å².